The van der Waals surface area contributed by atoms with Gasteiger partial charge >= 0.3 is 5.63 Å². The van der Waals surface area contributed by atoms with E-state index in [2.05, 4.69) is 0 Å². The van der Waals surface area contributed by atoms with Gasteiger partial charge in [0.2, 0.25) is 0 Å². The number of hydrogen-bond acceptors (Lipinski definition) is 4. The van der Waals surface area contributed by atoms with Gasteiger partial charge in [0, 0.05) is 23.1 Å². The summed E-state index contributed by atoms with van der Waals surface area (Å²) in [6.45, 7) is 3.68. The minimum atomic E-state index is -0.400. The van der Waals surface area contributed by atoms with Gasteiger partial charge in [0.05, 0.1) is 0 Å². The number of benzene rings is 2. The highest BCUT2D eigenvalue weighted by Crippen LogP contribution is 2.22. The standard InChI is InChI=1S/C19H16O4/c1-12-5-3-4-6-15(12)17(20)11-22-14-7-8-16-13(2)9-19(21)23-18(16)10-14/h3-10H,11H2,1-2H3. The molecule has 3 aromatic rings. The van der Waals surface area contributed by atoms with Crippen molar-refractivity contribution in [3.8, 4) is 5.75 Å². The number of ketones is 1. The highest BCUT2D eigenvalue weighted by molar-refractivity contribution is 5.98. The predicted molar refractivity (Wildman–Crippen MR) is 88.2 cm³/mol. The van der Waals surface area contributed by atoms with Crippen molar-refractivity contribution in [3.05, 3.63) is 75.6 Å². The van der Waals surface area contributed by atoms with E-state index in [9.17, 15) is 9.59 Å². The fourth-order valence-corrected chi connectivity index (χ4v) is 2.51. The Labute approximate surface area is 133 Å². The molecule has 0 saturated carbocycles. The molecule has 1 heterocycles. The Bertz CT molecular complexity index is 937. The number of Topliss-reactive ketones (excluding diaryl/α,β-unsaturated/α-hetero) is 1. The first-order valence-corrected chi connectivity index (χ1v) is 7.31. The van der Waals surface area contributed by atoms with Crippen LogP contribution in [0.1, 0.15) is 21.5 Å². The molecule has 0 aliphatic rings. The Morgan fingerprint density at radius 3 is 2.61 bits per heavy atom. The van der Waals surface area contributed by atoms with Crippen molar-refractivity contribution < 1.29 is 13.9 Å². The molecule has 3 rings (SSSR count). The SMILES string of the molecule is Cc1ccccc1C(=O)COc1ccc2c(C)cc(=O)oc2c1. The van der Waals surface area contributed by atoms with Crippen LogP contribution < -0.4 is 10.4 Å². The summed E-state index contributed by atoms with van der Waals surface area (Å²) in [6, 6.07) is 14.1. The summed E-state index contributed by atoms with van der Waals surface area (Å²) < 4.78 is 10.7. The third-order valence-electron chi connectivity index (χ3n) is 3.74. The molecule has 23 heavy (non-hydrogen) atoms. The van der Waals surface area contributed by atoms with Crippen molar-refractivity contribution in [2.75, 3.05) is 6.61 Å². The molecule has 0 unspecified atom stereocenters. The summed E-state index contributed by atoms with van der Waals surface area (Å²) in [5.74, 6) is 0.405. The topological polar surface area (TPSA) is 56.5 Å². The zero-order valence-electron chi connectivity index (χ0n) is 13.0. The fraction of sp³-hybridized carbons (Fsp3) is 0.158. The van der Waals surface area contributed by atoms with Gasteiger partial charge in [-0.1, -0.05) is 24.3 Å². The van der Waals surface area contributed by atoms with Gasteiger partial charge in [-0.2, -0.15) is 0 Å². The van der Waals surface area contributed by atoms with Gasteiger partial charge in [0.25, 0.3) is 0 Å². The van der Waals surface area contributed by atoms with E-state index in [0.29, 0.717) is 16.9 Å². The van der Waals surface area contributed by atoms with Gasteiger partial charge in [-0.05, 0) is 37.1 Å². The van der Waals surface area contributed by atoms with Gasteiger partial charge in [0.1, 0.15) is 11.3 Å². The normalized spacial score (nSPS) is 10.7. The minimum Gasteiger partial charge on any atom is -0.485 e. The molecular weight excluding hydrogens is 292 g/mol. The van der Waals surface area contributed by atoms with Gasteiger partial charge in [-0.25, -0.2) is 4.79 Å². The maximum atomic E-state index is 12.2. The van der Waals surface area contributed by atoms with Crippen LogP contribution in [0.15, 0.2) is 57.7 Å². The highest BCUT2D eigenvalue weighted by Gasteiger charge is 2.10. The molecule has 0 N–H and O–H groups in total. The lowest BCUT2D eigenvalue weighted by molar-refractivity contribution is 0.0921. The number of hydrogen-bond donors (Lipinski definition) is 0. The number of carbonyl (C=O) groups is 1. The molecule has 116 valence electrons. The molecule has 0 aliphatic carbocycles. The van der Waals surface area contributed by atoms with E-state index in [1.165, 1.54) is 6.07 Å². The molecule has 0 fully saturated rings. The molecule has 2 aromatic carbocycles. The lowest BCUT2D eigenvalue weighted by Gasteiger charge is -2.08. The summed E-state index contributed by atoms with van der Waals surface area (Å²) in [5, 5.41) is 0.849. The molecule has 0 spiro atoms. The summed E-state index contributed by atoms with van der Waals surface area (Å²) in [6.07, 6.45) is 0. The molecule has 0 aliphatic heterocycles. The molecular formula is C19H16O4. The predicted octanol–water partition coefficient (Wildman–Crippen LogP) is 3.67. The molecule has 4 heteroatoms. The van der Waals surface area contributed by atoms with E-state index < -0.39 is 5.63 Å². The van der Waals surface area contributed by atoms with Crippen LogP contribution in [0, 0.1) is 13.8 Å². The van der Waals surface area contributed by atoms with Gasteiger partial charge in [-0.3, -0.25) is 4.79 Å². The van der Waals surface area contributed by atoms with Crippen molar-refractivity contribution in [3.63, 3.8) is 0 Å². The van der Waals surface area contributed by atoms with Crippen molar-refractivity contribution in [1.82, 2.24) is 0 Å². The van der Waals surface area contributed by atoms with Crippen LogP contribution in [0.2, 0.25) is 0 Å². The monoisotopic (exact) mass is 308 g/mol. The third-order valence-corrected chi connectivity index (χ3v) is 3.74. The van der Waals surface area contributed by atoms with E-state index in [0.717, 1.165) is 16.5 Å². The first-order chi connectivity index (χ1) is 11.0. The summed E-state index contributed by atoms with van der Waals surface area (Å²) in [5.41, 5.74) is 2.47. The average molecular weight is 308 g/mol. The zero-order chi connectivity index (χ0) is 16.4. The summed E-state index contributed by atoms with van der Waals surface area (Å²) >= 11 is 0. The lowest BCUT2D eigenvalue weighted by atomic mass is 10.1. The first kappa shape index (κ1) is 15.0. The Morgan fingerprint density at radius 2 is 1.83 bits per heavy atom. The number of aryl methyl sites for hydroxylation is 2. The first-order valence-electron chi connectivity index (χ1n) is 7.31. The van der Waals surface area contributed by atoms with Crippen LogP contribution in [0.25, 0.3) is 11.0 Å². The van der Waals surface area contributed by atoms with E-state index in [4.69, 9.17) is 9.15 Å². The van der Waals surface area contributed by atoms with Gasteiger partial charge in [-0.15, -0.1) is 0 Å². The summed E-state index contributed by atoms with van der Waals surface area (Å²) in [4.78, 5) is 23.7. The molecule has 0 amide bonds. The largest absolute Gasteiger partial charge is 0.485 e. The van der Waals surface area contributed by atoms with E-state index in [-0.39, 0.29) is 12.4 Å². The van der Waals surface area contributed by atoms with Crippen LogP contribution in [0.3, 0.4) is 0 Å². The van der Waals surface area contributed by atoms with Gasteiger partial charge in [0.15, 0.2) is 12.4 Å². The van der Waals surface area contributed by atoms with E-state index in [1.807, 2.05) is 38.1 Å². The Morgan fingerprint density at radius 1 is 1.04 bits per heavy atom. The highest BCUT2D eigenvalue weighted by atomic mass is 16.5. The fourth-order valence-electron chi connectivity index (χ4n) is 2.51. The maximum absolute atomic E-state index is 12.2. The zero-order valence-corrected chi connectivity index (χ0v) is 13.0. The van der Waals surface area contributed by atoms with Crippen molar-refractivity contribution >= 4 is 16.8 Å². The third kappa shape index (κ3) is 3.16. The number of ether oxygens (including phenoxy) is 1. The van der Waals surface area contributed by atoms with E-state index in [1.54, 1.807) is 18.2 Å². The number of carbonyl (C=O) groups excluding carboxylic acids is 1. The Kier molecular flexibility index (Phi) is 3.98. The molecule has 1 aromatic heterocycles. The van der Waals surface area contributed by atoms with Crippen LogP contribution in [0.4, 0.5) is 0 Å². The Balaban J connectivity index is 1.81. The molecule has 4 nitrogen and oxygen atoms in total. The Hall–Kier alpha value is -2.88. The summed E-state index contributed by atoms with van der Waals surface area (Å²) in [7, 11) is 0. The second-order valence-electron chi connectivity index (χ2n) is 5.43. The van der Waals surface area contributed by atoms with E-state index >= 15 is 0 Å². The second-order valence-corrected chi connectivity index (χ2v) is 5.43. The van der Waals surface area contributed by atoms with Crippen LogP contribution in [-0.4, -0.2) is 12.4 Å². The van der Waals surface area contributed by atoms with Crippen LogP contribution >= 0.6 is 0 Å². The van der Waals surface area contributed by atoms with Gasteiger partial charge < -0.3 is 9.15 Å². The molecule has 0 atom stereocenters. The average Bonchev–Trinajstić information content (AvgIpc) is 2.52. The van der Waals surface area contributed by atoms with Crippen LogP contribution in [-0.2, 0) is 0 Å². The smallest absolute Gasteiger partial charge is 0.336 e. The molecule has 0 saturated heterocycles. The van der Waals surface area contributed by atoms with Crippen molar-refractivity contribution in [2.24, 2.45) is 0 Å². The van der Waals surface area contributed by atoms with Crippen molar-refractivity contribution in [2.45, 2.75) is 13.8 Å². The van der Waals surface area contributed by atoms with Crippen LogP contribution in [0.5, 0.6) is 5.75 Å². The maximum Gasteiger partial charge on any atom is 0.336 e. The second kappa shape index (κ2) is 6.08. The molecule has 0 bridgehead atoms. The minimum absolute atomic E-state index is 0.0631. The number of fused-ring (bicyclic) bond motifs is 1. The number of rotatable bonds is 4. The lowest BCUT2D eigenvalue weighted by Crippen LogP contribution is -2.12. The quantitative estimate of drug-likeness (QED) is 0.545. The molecule has 0 radical (unpaired) electrons. The van der Waals surface area contributed by atoms with Crippen molar-refractivity contribution in [1.29, 1.82) is 0 Å².